The fourth-order valence-corrected chi connectivity index (χ4v) is 4.41. The van der Waals surface area contributed by atoms with Crippen LogP contribution >= 0.6 is 34.4 Å². The summed E-state index contributed by atoms with van der Waals surface area (Å²) in [5, 5.41) is 4.44. The lowest BCUT2D eigenvalue weighted by molar-refractivity contribution is 1.08. The van der Waals surface area contributed by atoms with Crippen molar-refractivity contribution in [1.29, 1.82) is 0 Å². The van der Waals surface area contributed by atoms with E-state index in [4.69, 9.17) is 0 Å². The van der Waals surface area contributed by atoms with Gasteiger partial charge < -0.3 is 0 Å². The molecule has 3 aromatic rings. The van der Waals surface area contributed by atoms with Crippen LogP contribution in [-0.4, -0.2) is 9.97 Å². The molecule has 2 N–H and O–H groups in total. The molecule has 0 unspecified atom stereocenters. The van der Waals surface area contributed by atoms with Crippen LogP contribution in [0.3, 0.4) is 0 Å². The van der Waals surface area contributed by atoms with E-state index >= 15 is 0 Å². The van der Waals surface area contributed by atoms with Crippen molar-refractivity contribution in [2.45, 2.75) is 9.10 Å². The van der Waals surface area contributed by atoms with Gasteiger partial charge in [-0.15, -0.1) is 22.7 Å². The molecule has 86 valence electrons. The van der Waals surface area contributed by atoms with Crippen molar-refractivity contribution in [3.63, 3.8) is 0 Å². The van der Waals surface area contributed by atoms with Crippen molar-refractivity contribution in [3.05, 3.63) is 43.7 Å². The third-order valence-electron chi connectivity index (χ3n) is 2.14. The van der Waals surface area contributed by atoms with Gasteiger partial charge in [-0.25, -0.2) is 4.79 Å². The summed E-state index contributed by atoms with van der Waals surface area (Å²) in [4.78, 5) is 29.2. The second kappa shape index (κ2) is 4.17. The molecule has 7 heteroatoms. The first-order valence-corrected chi connectivity index (χ1v) is 7.27. The quantitative estimate of drug-likeness (QED) is 0.759. The number of aromatic amines is 2. The smallest absolute Gasteiger partial charge is 0.298 e. The normalized spacial score (nSPS) is 11.1. The van der Waals surface area contributed by atoms with E-state index in [1.165, 1.54) is 23.1 Å². The Bertz CT molecular complexity index is 767. The second-order valence-corrected chi connectivity index (χ2v) is 6.42. The minimum absolute atomic E-state index is 0.330. The highest BCUT2D eigenvalue weighted by atomic mass is 32.2. The molecule has 0 spiro atoms. The molecule has 4 nitrogen and oxygen atoms in total. The van der Waals surface area contributed by atoms with E-state index in [0.717, 1.165) is 9.10 Å². The molecule has 0 fully saturated rings. The van der Waals surface area contributed by atoms with Gasteiger partial charge in [0, 0.05) is 10.3 Å². The molecule has 0 saturated carbocycles. The van der Waals surface area contributed by atoms with E-state index in [0.29, 0.717) is 10.2 Å². The highest BCUT2D eigenvalue weighted by Crippen LogP contribution is 2.36. The molecule has 0 radical (unpaired) electrons. The largest absolute Gasteiger partial charge is 0.326 e. The van der Waals surface area contributed by atoms with Crippen LogP contribution in [0.15, 0.2) is 41.6 Å². The highest BCUT2D eigenvalue weighted by molar-refractivity contribution is 8.01. The maximum Gasteiger partial charge on any atom is 0.326 e. The van der Waals surface area contributed by atoms with Crippen LogP contribution in [0.1, 0.15) is 0 Å². The topological polar surface area (TPSA) is 65.7 Å². The van der Waals surface area contributed by atoms with Gasteiger partial charge in [-0.2, -0.15) is 0 Å². The summed E-state index contributed by atoms with van der Waals surface area (Å²) < 4.78 is 1.12. The number of H-pyrrole nitrogens is 2. The van der Waals surface area contributed by atoms with Crippen molar-refractivity contribution in [2.75, 3.05) is 0 Å². The summed E-state index contributed by atoms with van der Waals surface area (Å²) >= 11 is 4.53. The van der Waals surface area contributed by atoms with Gasteiger partial charge >= 0.3 is 5.69 Å². The van der Waals surface area contributed by atoms with Gasteiger partial charge in [0.15, 0.2) is 0 Å². The molecule has 3 aromatic heterocycles. The van der Waals surface area contributed by atoms with E-state index in [9.17, 15) is 9.59 Å². The predicted molar refractivity (Wildman–Crippen MR) is 71.5 cm³/mol. The summed E-state index contributed by atoms with van der Waals surface area (Å²) in [5.74, 6) is 0. The first-order valence-electron chi connectivity index (χ1n) is 4.69. The molecule has 0 bridgehead atoms. The van der Waals surface area contributed by atoms with Crippen LogP contribution in [0, 0.1) is 0 Å². The van der Waals surface area contributed by atoms with E-state index in [-0.39, 0.29) is 5.56 Å². The number of fused-ring (bicyclic) bond motifs is 1. The van der Waals surface area contributed by atoms with Gasteiger partial charge in [-0.05, 0) is 11.4 Å². The Balaban J connectivity index is 2.18. The van der Waals surface area contributed by atoms with E-state index in [2.05, 4.69) is 9.97 Å². The zero-order valence-electron chi connectivity index (χ0n) is 8.35. The molecule has 0 aromatic carbocycles. The maximum atomic E-state index is 11.7. The molecule has 0 atom stereocenters. The standard InChI is InChI=1S/C10H6N2O2S3/c13-8-7-5(17-6-2-1-3-15-6)4-16-9(7)12-10(14)11-8/h1-4H,(H2,11,12,13,14). The van der Waals surface area contributed by atoms with Crippen LogP contribution in [0.2, 0.25) is 0 Å². The van der Waals surface area contributed by atoms with Crippen LogP contribution < -0.4 is 11.2 Å². The Labute approximate surface area is 107 Å². The van der Waals surface area contributed by atoms with E-state index in [1.54, 1.807) is 11.3 Å². The van der Waals surface area contributed by atoms with Crippen molar-refractivity contribution in [2.24, 2.45) is 0 Å². The molecule has 0 aliphatic carbocycles. The first-order chi connectivity index (χ1) is 8.24. The van der Waals surface area contributed by atoms with Crippen LogP contribution in [-0.2, 0) is 0 Å². The number of rotatable bonds is 2. The average molecular weight is 282 g/mol. The highest BCUT2D eigenvalue weighted by Gasteiger charge is 2.11. The van der Waals surface area contributed by atoms with Crippen LogP contribution in [0.5, 0.6) is 0 Å². The van der Waals surface area contributed by atoms with Crippen molar-refractivity contribution >= 4 is 44.7 Å². The maximum absolute atomic E-state index is 11.7. The molecule has 17 heavy (non-hydrogen) atoms. The van der Waals surface area contributed by atoms with Gasteiger partial charge in [-0.1, -0.05) is 17.8 Å². The third-order valence-corrected chi connectivity index (χ3v) is 5.27. The Morgan fingerprint density at radius 3 is 2.82 bits per heavy atom. The Hall–Kier alpha value is -1.31. The number of hydrogen-bond donors (Lipinski definition) is 2. The fraction of sp³-hybridized carbons (Fsp3) is 0. The summed E-state index contributed by atoms with van der Waals surface area (Å²) in [6.07, 6.45) is 0. The summed E-state index contributed by atoms with van der Waals surface area (Å²) in [7, 11) is 0. The van der Waals surface area contributed by atoms with Gasteiger partial charge in [-0.3, -0.25) is 14.8 Å². The predicted octanol–water partition coefficient (Wildman–Crippen LogP) is 2.49. The van der Waals surface area contributed by atoms with Gasteiger partial charge in [0.1, 0.15) is 4.83 Å². The monoisotopic (exact) mass is 282 g/mol. The minimum atomic E-state index is -0.461. The van der Waals surface area contributed by atoms with E-state index in [1.807, 2.05) is 22.9 Å². The molecule has 0 amide bonds. The molecular formula is C10H6N2O2S3. The van der Waals surface area contributed by atoms with Gasteiger partial charge in [0.25, 0.3) is 5.56 Å². The average Bonchev–Trinajstić information content (AvgIpc) is 2.88. The van der Waals surface area contributed by atoms with Crippen molar-refractivity contribution in [3.8, 4) is 0 Å². The Morgan fingerprint density at radius 2 is 2.06 bits per heavy atom. The number of nitrogens with one attached hydrogen (secondary N) is 2. The number of thiophene rings is 2. The first kappa shape index (κ1) is 10.8. The number of hydrogen-bond acceptors (Lipinski definition) is 5. The lowest BCUT2D eigenvalue weighted by Gasteiger charge is -1.94. The summed E-state index contributed by atoms with van der Waals surface area (Å²) in [6, 6.07) is 3.96. The molecule has 0 aliphatic rings. The minimum Gasteiger partial charge on any atom is -0.298 e. The summed E-state index contributed by atoms with van der Waals surface area (Å²) in [6.45, 7) is 0. The zero-order chi connectivity index (χ0) is 11.8. The SMILES string of the molecule is O=c1[nH]c(=O)c2c(Sc3cccs3)csc2[nH]1. The molecule has 0 saturated heterocycles. The lowest BCUT2D eigenvalue weighted by atomic mass is 10.4. The zero-order valence-corrected chi connectivity index (χ0v) is 10.8. The molecule has 0 aliphatic heterocycles. The molecular weight excluding hydrogens is 276 g/mol. The third kappa shape index (κ3) is 1.97. The van der Waals surface area contributed by atoms with Crippen molar-refractivity contribution < 1.29 is 0 Å². The lowest BCUT2D eigenvalue weighted by Crippen LogP contribution is -2.21. The van der Waals surface area contributed by atoms with Gasteiger partial charge in [0.05, 0.1) is 9.60 Å². The summed E-state index contributed by atoms with van der Waals surface area (Å²) in [5.41, 5.74) is -0.791. The van der Waals surface area contributed by atoms with Crippen molar-refractivity contribution in [1.82, 2.24) is 9.97 Å². The van der Waals surface area contributed by atoms with Crippen LogP contribution in [0.4, 0.5) is 0 Å². The fourth-order valence-electron chi connectivity index (χ4n) is 1.45. The van der Waals surface area contributed by atoms with Crippen LogP contribution in [0.25, 0.3) is 10.2 Å². The van der Waals surface area contributed by atoms with Gasteiger partial charge in [0.2, 0.25) is 0 Å². The number of aromatic nitrogens is 2. The molecule has 3 rings (SSSR count). The Morgan fingerprint density at radius 1 is 1.18 bits per heavy atom. The van der Waals surface area contributed by atoms with E-state index < -0.39 is 5.69 Å². The Kier molecular flexibility index (Phi) is 2.65. The second-order valence-electron chi connectivity index (χ2n) is 3.25. The molecule has 3 heterocycles.